The number of aromatic nitrogens is 2. The van der Waals surface area contributed by atoms with Crippen LogP contribution in [0.5, 0.6) is 5.75 Å². The molecule has 0 N–H and O–H groups in total. The molecule has 4 nitrogen and oxygen atoms in total. The summed E-state index contributed by atoms with van der Waals surface area (Å²) in [5.74, 6) is 1.84. The van der Waals surface area contributed by atoms with Crippen molar-refractivity contribution < 1.29 is 4.74 Å². The van der Waals surface area contributed by atoms with Crippen molar-refractivity contribution in [2.75, 3.05) is 20.6 Å². The number of hydrogen-bond donors (Lipinski definition) is 0. The minimum atomic E-state index is 0.443. The lowest BCUT2D eigenvalue weighted by atomic mass is 10.1. The van der Waals surface area contributed by atoms with Crippen molar-refractivity contribution in [3.8, 4) is 5.75 Å². The minimum Gasteiger partial charge on any atom is -0.485 e. The van der Waals surface area contributed by atoms with E-state index in [4.69, 9.17) is 21.3 Å². The highest BCUT2D eigenvalue weighted by Crippen LogP contribution is 2.24. The van der Waals surface area contributed by atoms with Crippen molar-refractivity contribution in [3.63, 3.8) is 0 Å². The third-order valence-electron chi connectivity index (χ3n) is 4.69. The van der Waals surface area contributed by atoms with Crippen molar-refractivity contribution in [3.05, 3.63) is 58.4 Å². The molecule has 0 saturated heterocycles. The van der Waals surface area contributed by atoms with E-state index in [0.29, 0.717) is 11.6 Å². The molecule has 0 saturated carbocycles. The van der Waals surface area contributed by atoms with Gasteiger partial charge in [-0.3, -0.25) is 0 Å². The van der Waals surface area contributed by atoms with E-state index in [1.165, 1.54) is 11.1 Å². The SMILES string of the molecule is Cc1cccc(OCc2nc3cc(Cl)ccc3n2CCCN(C)C)c1C. The summed E-state index contributed by atoms with van der Waals surface area (Å²) < 4.78 is 8.36. The van der Waals surface area contributed by atoms with Crippen LogP contribution >= 0.6 is 11.6 Å². The van der Waals surface area contributed by atoms with Crippen molar-refractivity contribution in [1.82, 2.24) is 14.5 Å². The Bertz CT molecular complexity index is 902. The van der Waals surface area contributed by atoms with Crippen LogP contribution in [0.4, 0.5) is 0 Å². The monoisotopic (exact) mass is 371 g/mol. The number of hydrogen-bond acceptors (Lipinski definition) is 3. The van der Waals surface area contributed by atoms with Gasteiger partial charge in [0.05, 0.1) is 11.0 Å². The summed E-state index contributed by atoms with van der Waals surface area (Å²) in [6.07, 6.45) is 1.05. The first-order valence-corrected chi connectivity index (χ1v) is 9.32. The van der Waals surface area contributed by atoms with E-state index in [2.05, 4.69) is 43.5 Å². The van der Waals surface area contributed by atoms with E-state index in [0.717, 1.165) is 42.1 Å². The van der Waals surface area contributed by atoms with Crippen LogP contribution in [0.1, 0.15) is 23.4 Å². The van der Waals surface area contributed by atoms with Gasteiger partial charge in [-0.15, -0.1) is 0 Å². The van der Waals surface area contributed by atoms with Crippen LogP contribution in [0.25, 0.3) is 11.0 Å². The summed E-state index contributed by atoms with van der Waals surface area (Å²) in [6, 6.07) is 12.0. The fourth-order valence-corrected chi connectivity index (χ4v) is 3.25. The van der Waals surface area contributed by atoms with E-state index >= 15 is 0 Å². The quantitative estimate of drug-likeness (QED) is 0.595. The van der Waals surface area contributed by atoms with E-state index in [-0.39, 0.29) is 0 Å². The molecule has 0 aliphatic rings. The summed E-state index contributed by atoms with van der Waals surface area (Å²) in [5, 5.41) is 0.706. The van der Waals surface area contributed by atoms with Crippen LogP contribution < -0.4 is 4.74 Å². The van der Waals surface area contributed by atoms with Crippen LogP contribution in [-0.4, -0.2) is 35.1 Å². The van der Waals surface area contributed by atoms with Crippen molar-refractivity contribution in [2.24, 2.45) is 0 Å². The average Bonchev–Trinajstić information content (AvgIpc) is 2.92. The zero-order valence-electron chi connectivity index (χ0n) is 15.9. The maximum Gasteiger partial charge on any atom is 0.147 e. The predicted molar refractivity (Wildman–Crippen MR) is 108 cm³/mol. The third kappa shape index (κ3) is 4.19. The molecule has 1 aromatic heterocycles. The standard InChI is InChI=1S/C21H26ClN3O/c1-15-7-5-8-20(16(15)2)26-14-21-23-18-13-17(22)9-10-19(18)25(21)12-6-11-24(3)4/h5,7-10,13H,6,11-12,14H2,1-4H3. The molecule has 0 spiro atoms. The van der Waals surface area contributed by atoms with Crippen molar-refractivity contribution in [1.29, 1.82) is 0 Å². The number of rotatable bonds is 7. The number of halogens is 1. The zero-order valence-corrected chi connectivity index (χ0v) is 16.7. The molecule has 26 heavy (non-hydrogen) atoms. The molecule has 5 heteroatoms. The maximum absolute atomic E-state index is 6.15. The van der Waals surface area contributed by atoms with Crippen molar-refractivity contribution >= 4 is 22.6 Å². The normalized spacial score (nSPS) is 11.5. The van der Waals surface area contributed by atoms with Gasteiger partial charge in [-0.1, -0.05) is 23.7 Å². The second kappa shape index (κ2) is 8.11. The van der Waals surface area contributed by atoms with Crippen molar-refractivity contribution in [2.45, 2.75) is 33.4 Å². The third-order valence-corrected chi connectivity index (χ3v) is 4.92. The summed E-state index contributed by atoms with van der Waals surface area (Å²) in [4.78, 5) is 6.98. The summed E-state index contributed by atoms with van der Waals surface area (Å²) >= 11 is 6.15. The molecule has 0 aliphatic heterocycles. The number of aryl methyl sites for hydroxylation is 2. The Morgan fingerprint density at radius 3 is 2.73 bits per heavy atom. The van der Waals surface area contributed by atoms with Gasteiger partial charge in [-0.05, 0) is 76.3 Å². The summed E-state index contributed by atoms with van der Waals surface area (Å²) in [6.45, 7) is 6.57. The molecule has 0 bridgehead atoms. The van der Waals surface area contributed by atoms with Gasteiger partial charge in [0.25, 0.3) is 0 Å². The highest BCUT2D eigenvalue weighted by molar-refractivity contribution is 6.31. The Kier molecular flexibility index (Phi) is 5.84. The Morgan fingerprint density at radius 2 is 1.96 bits per heavy atom. The highest BCUT2D eigenvalue weighted by Gasteiger charge is 2.13. The molecule has 0 radical (unpaired) electrons. The molecule has 1 heterocycles. The number of imidazole rings is 1. The van der Waals surface area contributed by atoms with Gasteiger partial charge in [0.2, 0.25) is 0 Å². The fraction of sp³-hybridized carbons (Fsp3) is 0.381. The van der Waals surface area contributed by atoms with E-state index in [1.807, 2.05) is 30.3 Å². The smallest absolute Gasteiger partial charge is 0.147 e. The molecule has 0 amide bonds. The molecule has 0 fully saturated rings. The van der Waals surface area contributed by atoms with Gasteiger partial charge in [0.15, 0.2) is 0 Å². The Hall–Kier alpha value is -2.04. The van der Waals surface area contributed by atoms with Gasteiger partial charge in [-0.2, -0.15) is 0 Å². The minimum absolute atomic E-state index is 0.443. The van der Waals surface area contributed by atoms with Gasteiger partial charge >= 0.3 is 0 Å². The van der Waals surface area contributed by atoms with E-state index in [9.17, 15) is 0 Å². The largest absolute Gasteiger partial charge is 0.485 e. The second-order valence-corrected chi connectivity index (χ2v) is 7.39. The van der Waals surface area contributed by atoms with Gasteiger partial charge in [0, 0.05) is 11.6 Å². The van der Waals surface area contributed by atoms with Crippen LogP contribution in [0.3, 0.4) is 0 Å². The number of nitrogens with zero attached hydrogens (tertiary/aromatic N) is 3. The molecular weight excluding hydrogens is 346 g/mol. The molecule has 3 aromatic rings. The van der Waals surface area contributed by atoms with Crippen LogP contribution in [0, 0.1) is 13.8 Å². The zero-order chi connectivity index (χ0) is 18.7. The number of benzene rings is 2. The molecule has 0 aliphatic carbocycles. The lowest BCUT2D eigenvalue weighted by Gasteiger charge is -2.14. The fourth-order valence-electron chi connectivity index (χ4n) is 3.08. The first-order chi connectivity index (χ1) is 12.5. The van der Waals surface area contributed by atoms with Gasteiger partial charge < -0.3 is 14.2 Å². The lowest BCUT2D eigenvalue weighted by Crippen LogP contribution is -2.16. The van der Waals surface area contributed by atoms with Gasteiger partial charge in [-0.25, -0.2) is 4.98 Å². The predicted octanol–water partition coefficient (Wildman–Crippen LogP) is 4.84. The number of ether oxygens (including phenoxy) is 1. The summed E-state index contributed by atoms with van der Waals surface area (Å²) in [7, 11) is 4.19. The molecule has 0 unspecified atom stereocenters. The first kappa shape index (κ1) is 18.7. The molecule has 3 rings (SSSR count). The molecule has 2 aromatic carbocycles. The molecule has 138 valence electrons. The summed E-state index contributed by atoms with van der Waals surface area (Å²) in [5.41, 5.74) is 4.43. The van der Waals surface area contributed by atoms with E-state index in [1.54, 1.807) is 0 Å². The topological polar surface area (TPSA) is 30.3 Å². The van der Waals surface area contributed by atoms with Crippen LogP contribution in [0.15, 0.2) is 36.4 Å². The Balaban J connectivity index is 1.86. The molecule has 0 atom stereocenters. The first-order valence-electron chi connectivity index (χ1n) is 8.94. The van der Waals surface area contributed by atoms with Gasteiger partial charge in [0.1, 0.15) is 18.2 Å². The Labute approximate surface area is 160 Å². The Morgan fingerprint density at radius 1 is 1.15 bits per heavy atom. The van der Waals surface area contributed by atoms with E-state index < -0.39 is 0 Å². The maximum atomic E-state index is 6.15. The van der Waals surface area contributed by atoms with Crippen LogP contribution in [0.2, 0.25) is 5.02 Å². The lowest BCUT2D eigenvalue weighted by molar-refractivity contribution is 0.286. The highest BCUT2D eigenvalue weighted by atomic mass is 35.5. The second-order valence-electron chi connectivity index (χ2n) is 6.96. The molecular formula is C21H26ClN3O. The van der Waals surface area contributed by atoms with Crippen LogP contribution in [-0.2, 0) is 13.2 Å². The number of fused-ring (bicyclic) bond motifs is 1. The average molecular weight is 372 g/mol.